The molecule has 2 aliphatic heterocycles. The number of halogens is 1. The van der Waals surface area contributed by atoms with Gasteiger partial charge in [0.05, 0.1) is 0 Å². The molecule has 3 amide bonds. The van der Waals surface area contributed by atoms with Crippen LogP contribution in [-0.4, -0.2) is 78.3 Å². The predicted molar refractivity (Wildman–Crippen MR) is 126 cm³/mol. The predicted octanol–water partition coefficient (Wildman–Crippen LogP) is 2.84. The summed E-state index contributed by atoms with van der Waals surface area (Å²) in [5.74, 6) is -0.236. The molecule has 33 heavy (non-hydrogen) atoms. The number of carbonyl (C=O) groups excluding carboxylic acids is 2. The van der Waals surface area contributed by atoms with Gasteiger partial charge in [-0.3, -0.25) is 4.79 Å². The number of aryl methyl sites for hydroxylation is 1. The van der Waals surface area contributed by atoms with E-state index in [1.807, 2.05) is 0 Å². The summed E-state index contributed by atoms with van der Waals surface area (Å²) in [4.78, 5) is 29.3. The van der Waals surface area contributed by atoms with E-state index in [1.54, 1.807) is 45.7 Å². The maximum atomic E-state index is 13.2. The van der Waals surface area contributed by atoms with Crippen LogP contribution in [0.2, 0.25) is 5.02 Å². The Kier molecular flexibility index (Phi) is 6.96. The summed E-state index contributed by atoms with van der Waals surface area (Å²) in [5, 5.41) is 3.44. The zero-order valence-electron chi connectivity index (χ0n) is 18.5. The number of anilines is 1. The van der Waals surface area contributed by atoms with Gasteiger partial charge < -0.3 is 19.7 Å². The standard InChI is InChI=1S/C22H28ClN5O4S/c1-25-16-19(33(31,32)28-11-2-3-12-28)15-20(25)21(29)26-9-4-10-27(14-13-26)22(30)24-18-7-5-17(23)6-8-18/h5-8,15-16H,2-4,9-14H2,1H3,(H,24,30). The van der Waals surface area contributed by atoms with Crippen LogP contribution in [0.5, 0.6) is 0 Å². The van der Waals surface area contributed by atoms with Gasteiger partial charge in [0.2, 0.25) is 10.0 Å². The molecule has 11 heteroatoms. The normalized spacial score (nSPS) is 17.8. The average molecular weight is 494 g/mol. The third-order valence-electron chi connectivity index (χ3n) is 6.07. The lowest BCUT2D eigenvalue weighted by atomic mass is 10.3. The van der Waals surface area contributed by atoms with Gasteiger partial charge in [-0.15, -0.1) is 0 Å². The molecule has 178 valence electrons. The zero-order chi connectivity index (χ0) is 23.6. The lowest BCUT2D eigenvalue weighted by Crippen LogP contribution is -2.39. The molecular formula is C22H28ClN5O4S. The molecule has 0 radical (unpaired) electrons. The van der Waals surface area contributed by atoms with E-state index in [0.717, 1.165) is 12.8 Å². The third-order valence-corrected chi connectivity index (χ3v) is 8.18. The molecule has 4 rings (SSSR count). The van der Waals surface area contributed by atoms with Crippen molar-refractivity contribution in [2.75, 3.05) is 44.6 Å². The van der Waals surface area contributed by atoms with Crippen molar-refractivity contribution in [1.82, 2.24) is 18.7 Å². The fourth-order valence-electron chi connectivity index (χ4n) is 4.19. The van der Waals surface area contributed by atoms with Gasteiger partial charge in [0.1, 0.15) is 10.6 Å². The number of nitrogens with zero attached hydrogens (tertiary/aromatic N) is 4. The van der Waals surface area contributed by atoms with Crippen LogP contribution in [0.3, 0.4) is 0 Å². The second-order valence-electron chi connectivity index (χ2n) is 8.35. The highest BCUT2D eigenvalue weighted by molar-refractivity contribution is 7.89. The Balaban J connectivity index is 1.41. The number of amides is 3. The van der Waals surface area contributed by atoms with Crippen molar-refractivity contribution in [2.24, 2.45) is 7.05 Å². The van der Waals surface area contributed by atoms with Crippen LogP contribution in [0.15, 0.2) is 41.4 Å². The number of urea groups is 1. The Morgan fingerprint density at radius 3 is 2.24 bits per heavy atom. The fraction of sp³-hybridized carbons (Fsp3) is 0.455. The topological polar surface area (TPSA) is 95.0 Å². The van der Waals surface area contributed by atoms with E-state index in [1.165, 1.54) is 16.6 Å². The SMILES string of the molecule is Cn1cc(S(=O)(=O)N2CCCC2)cc1C(=O)N1CCCN(C(=O)Nc2ccc(Cl)cc2)CC1. The molecule has 0 spiro atoms. The van der Waals surface area contributed by atoms with Gasteiger partial charge in [-0.25, -0.2) is 13.2 Å². The first-order valence-electron chi connectivity index (χ1n) is 11.0. The van der Waals surface area contributed by atoms with E-state index in [0.29, 0.717) is 62.1 Å². The highest BCUT2D eigenvalue weighted by atomic mass is 35.5. The molecule has 2 aliphatic rings. The number of nitrogens with one attached hydrogen (secondary N) is 1. The molecular weight excluding hydrogens is 466 g/mol. The first-order valence-corrected chi connectivity index (χ1v) is 12.8. The molecule has 0 bridgehead atoms. The number of aromatic nitrogens is 1. The van der Waals surface area contributed by atoms with Crippen LogP contribution < -0.4 is 5.32 Å². The van der Waals surface area contributed by atoms with Crippen molar-refractivity contribution >= 4 is 39.2 Å². The van der Waals surface area contributed by atoms with Crippen molar-refractivity contribution in [3.8, 4) is 0 Å². The molecule has 2 saturated heterocycles. The van der Waals surface area contributed by atoms with E-state index < -0.39 is 10.0 Å². The highest BCUT2D eigenvalue weighted by Crippen LogP contribution is 2.23. The Morgan fingerprint density at radius 2 is 1.55 bits per heavy atom. The number of hydrogen-bond donors (Lipinski definition) is 1. The molecule has 0 saturated carbocycles. The molecule has 0 atom stereocenters. The summed E-state index contributed by atoms with van der Waals surface area (Å²) >= 11 is 5.89. The molecule has 0 unspecified atom stereocenters. The summed E-state index contributed by atoms with van der Waals surface area (Å²) in [5.41, 5.74) is 0.976. The third kappa shape index (κ3) is 5.18. The second kappa shape index (κ2) is 9.74. The summed E-state index contributed by atoms with van der Waals surface area (Å²) in [6.45, 7) is 2.79. The molecule has 1 N–H and O–H groups in total. The van der Waals surface area contributed by atoms with E-state index in [-0.39, 0.29) is 16.8 Å². The lowest BCUT2D eigenvalue weighted by molar-refractivity contribution is 0.0753. The molecule has 2 fully saturated rings. The minimum atomic E-state index is -3.59. The Labute approximate surface area is 198 Å². The minimum absolute atomic E-state index is 0.147. The molecule has 2 aromatic rings. The largest absolute Gasteiger partial charge is 0.345 e. The molecule has 1 aromatic carbocycles. The summed E-state index contributed by atoms with van der Waals surface area (Å²) in [6.07, 6.45) is 3.84. The van der Waals surface area contributed by atoms with E-state index in [2.05, 4.69) is 5.32 Å². The average Bonchev–Trinajstić information content (AvgIpc) is 3.40. The van der Waals surface area contributed by atoms with Crippen molar-refractivity contribution in [2.45, 2.75) is 24.2 Å². The lowest BCUT2D eigenvalue weighted by Gasteiger charge is -2.22. The number of carbonyl (C=O) groups is 2. The Morgan fingerprint density at radius 1 is 0.909 bits per heavy atom. The first kappa shape index (κ1) is 23.6. The van der Waals surface area contributed by atoms with Crippen molar-refractivity contribution in [3.63, 3.8) is 0 Å². The van der Waals surface area contributed by atoms with Crippen LogP contribution >= 0.6 is 11.6 Å². The van der Waals surface area contributed by atoms with Crippen molar-refractivity contribution in [1.29, 1.82) is 0 Å². The summed E-state index contributed by atoms with van der Waals surface area (Å²) < 4.78 is 28.8. The number of benzene rings is 1. The molecule has 1 aromatic heterocycles. The molecule has 0 aliphatic carbocycles. The second-order valence-corrected chi connectivity index (χ2v) is 10.7. The first-order chi connectivity index (χ1) is 15.8. The Bertz CT molecular complexity index is 1130. The maximum Gasteiger partial charge on any atom is 0.321 e. The van der Waals surface area contributed by atoms with Crippen LogP contribution in [0.25, 0.3) is 0 Å². The quantitative estimate of drug-likeness (QED) is 0.708. The minimum Gasteiger partial charge on any atom is -0.345 e. The zero-order valence-corrected chi connectivity index (χ0v) is 20.1. The van der Waals surface area contributed by atoms with Gasteiger partial charge in [-0.2, -0.15) is 4.31 Å². The van der Waals surface area contributed by atoms with Gasteiger partial charge in [-0.1, -0.05) is 11.6 Å². The Hall–Kier alpha value is -2.56. The van der Waals surface area contributed by atoms with Gasteiger partial charge in [0.25, 0.3) is 5.91 Å². The van der Waals surface area contributed by atoms with Crippen LogP contribution in [0.1, 0.15) is 29.8 Å². The van der Waals surface area contributed by atoms with Crippen LogP contribution in [0.4, 0.5) is 10.5 Å². The summed E-state index contributed by atoms with van der Waals surface area (Å²) in [6, 6.07) is 8.11. The van der Waals surface area contributed by atoms with Crippen molar-refractivity contribution < 1.29 is 18.0 Å². The van der Waals surface area contributed by atoms with E-state index in [9.17, 15) is 18.0 Å². The van der Waals surface area contributed by atoms with Crippen LogP contribution in [-0.2, 0) is 17.1 Å². The van der Waals surface area contributed by atoms with Crippen LogP contribution in [0, 0.1) is 0 Å². The fourth-order valence-corrected chi connectivity index (χ4v) is 5.90. The van der Waals surface area contributed by atoms with Gasteiger partial charge in [0, 0.05) is 63.2 Å². The molecule has 3 heterocycles. The number of rotatable bonds is 4. The summed E-state index contributed by atoms with van der Waals surface area (Å²) in [7, 11) is -1.91. The van der Waals surface area contributed by atoms with Gasteiger partial charge in [0.15, 0.2) is 0 Å². The molecule has 9 nitrogen and oxygen atoms in total. The smallest absolute Gasteiger partial charge is 0.321 e. The van der Waals surface area contributed by atoms with E-state index in [4.69, 9.17) is 11.6 Å². The number of hydrogen-bond acceptors (Lipinski definition) is 4. The van der Waals surface area contributed by atoms with Gasteiger partial charge >= 0.3 is 6.03 Å². The highest BCUT2D eigenvalue weighted by Gasteiger charge is 2.31. The van der Waals surface area contributed by atoms with Gasteiger partial charge in [-0.05, 0) is 49.6 Å². The van der Waals surface area contributed by atoms with E-state index >= 15 is 0 Å². The maximum absolute atomic E-state index is 13.2. The van der Waals surface area contributed by atoms with Crippen molar-refractivity contribution in [3.05, 3.63) is 47.2 Å². The number of sulfonamides is 1. The monoisotopic (exact) mass is 493 g/mol.